The van der Waals surface area contributed by atoms with Gasteiger partial charge in [0.25, 0.3) is 0 Å². The molecule has 8 nitrogen and oxygen atoms in total. The molecule has 0 aliphatic heterocycles. The molecule has 25 heavy (non-hydrogen) atoms. The van der Waals surface area contributed by atoms with E-state index in [4.69, 9.17) is 5.11 Å². The molecule has 2 aromatic rings. The van der Waals surface area contributed by atoms with Crippen molar-refractivity contribution >= 4 is 11.8 Å². The van der Waals surface area contributed by atoms with Crippen molar-refractivity contribution in [3.63, 3.8) is 0 Å². The molecule has 1 N–H and O–H groups in total. The molecule has 0 spiro atoms. The van der Waals surface area contributed by atoms with Crippen molar-refractivity contribution in [2.24, 2.45) is 7.05 Å². The molecule has 134 valence electrons. The molecule has 1 aromatic carbocycles. The SMILES string of the molecule is Cc1nc(-c2cc(F)cc([N+](=O)[O-])c2F)c(C(C)N(C)C(=O)O)n1C. The Morgan fingerprint density at radius 1 is 1.44 bits per heavy atom. The molecule has 1 heterocycles. The van der Waals surface area contributed by atoms with Crippen LogP contribution in [0, 0.1) is 28.7 Å². The number of halogens is 2. The fourth-order valence-electron chi connectivity index (χ4n) is 2.53. The number of amides is 1. The first-order valence-corrected chi connectivity index (χ1v) is 7.19. The van der Waals surface area contributed by atoms with Gasteiger partial charge >= 0.3 is 11.8 Å². The van der Waals surface area contributed by atoms with Crippen LogP contribution in [-0.2, 0) is 7.05 Å². The summed E-state index contributed by atoms with van der Waals surface area (Å²) in [5, 5.41) is 20.1. The molecule has 0 saturated carbocycles. The van der Waals surface area contributed by atoms with E-state index >= 15 is 0 Å². The molecule has 10 heteroatoms. The highest BCUT2D eigenvalue weighted by atomic mass is 19.1. The number of aromatic nitrogens is 2. The topological polar surface area (TPSA) is 102 Å². The summed E-state index contributed by atoms with van der Waals surface area (Å²) < 4.78 is 29.9. The van der Waals surface area contributed by atoms with Gasteiger partial charge in [0, 0.05) is 19.7 Å². The van der Waals surface area contributed by atoms with Crippen LogP contribution >= 0.6 is 0 Å². The monoisotopic (exact) mass is 354 g/mol. The largest absolute Gasteiger partial charge is 0.465 e. The van der Waals surface area contributed by atoms with E-state index in [1.54, 1.807) is 20.9 Å². The highest BCUT2D eigenvalue weighted by Crippen LogP contribution is 2.35. The quantitative estimate of drug-likeness (QED) is 0.671. The number of rotatable bonds is 4. The Balaban J connectivity index is 2.76. The lowest BCUT2D eigenvalue weighted by atomic mass is 10.0. The number of nitro groups is 1. The van der Waals surface area contributed by atoms with Crippen LogP contribution in [-0.4, -0.2) is 37.6 Å². The Labute approximate surface area is 141 Å². The summed E-state index contributed by atoms with van der Waals surface area (Å²) in [5.74, 6) is -1.80. The predicted octanol–water partition coefficient (Wildman–Crippen LogP) is 3.25. The predicted molar refractivity (Wildman–Crippen MR) is 84.2 cm³/mol. The van der Waals surface area contributed by atoms with Crippen molar-refractivity contribution in [3.8, 4) is 11.3 Å². The fraction of sp³-hybridized carbons (Fsp3) is 0.333. The van der Waals surface area contributed by atoms with Crippen LogP contribution in [0.3, 0.4) is 0 Å². The highest BCUT2D eigenvalue weighted by molar-refractivity contribution is 5.69. The van der Waals surface area contributed by atoms with E-state index in [2.05, 4.69) is 4.98 Å². The van der Waals surface area contributed by atoms with Crippen LogP contribution in [0.2, 0.25) is 0 Å². The molecule has 0 fully saturated rings. The summed E-state index contributed by atoms with van der Waals surface area (Å²) in [6.07, 6.45) is -1.22. The summed E-state index contributed by atoms with van der Waals surface area (Å²) >= 11 is 0. The zero-order valence-corrected chi connectivity index (χ0v) is 13.9. The smallest absolute Gasteiger partial charge is 0.407 e. The lowest BCUT2D eigenvalue weighted by Gasteiger charge is -2.23. The molecule has 0 aliphatic rings. The minimum atomic E-state index is -1.23. The number of nitrogens with zero attached hydrogens (tertiary/aromatic N) is 4. The maximum absolute atomic E-state index is 14.5. The van der Waals surface area contributed by atoms with Crippen LogP contribution in [0.15, 0.2) is 12.1 Å². The lowest BCUT2D eigenvalue weighted by molar-refractivity contribution is -0.387. The zero-order valence-electron chi connectivity index (χ0n) is 13.9. The van der Waals surface area contributed by atoms with Crippen LogP contribution in [0.25, 0.3) is 11.3 Å². The minimum Gasteiger partial charge on any atom is -0.465 e. The summed E-state index contributed by atoms with van der Waals surface area (Å²) in [5.41, 5.74) is -1.15. The first kappa shape index (κ1) is 18.3. The maximum Gasteiger partial charge on any atom is 0.407 e. The van der Waals surface area contributed by atoms with Crippen LogP contribution in [0.5, 0.6) is 0 Å². The van der Waals surface area contributed by atoms with Crippen molar-refractivity contribution in [3.05, 3.63) is 45.4 Å². The Hall–Kier alpha value is -3.04. The summed E-state index contributed by atoms with van der Waals surface area (Å²) in [4.78, 5) is 26.3. The van der Waals surface area contributed by atoms with Gasteiger partial charge in [0.05, 0.1) is 28.4 Å². The fourth-order valence-corrected chi connectivity index (χ4v) is 2.53. The van der Waals surface area contributed by atoms with Crippen molar-refractivity contribution in [2.45, 2.75) is 19.9 Å². The van der Waals surface area contributed by atoms with Crippen LogP contribution in [0.1, 0.15) is 24.5 Å². The Morgan fingerprint density at radius 3 is 2.56 bits per heavy atom. The van der Waals surface area contributed by atoms with E-state index in [1.165, 1.54) is 11.6 Å². The number of nitro benzene ring substituents is 1. The van der Waals surface area contributed by atoms with Gasteiger partial charge in [-0.3, -0.25) is 10.1 Å². The third-order valence-corrected chi connectivity index (χ3v) is 4.11. The van der Waals surface area contributed by atoms with Crippen LogP contribution < -0.4 is 0 Å². The third kappa shape index (κ3) is 3.14. The molecule has 1 amide bonds. The minimum absolute atomic E-state index is 0.0410. The molecule has 0 bridgehead atoms. The second-order valence-electron chi connectivity index (χ2n) is 5.56. The number of carbonyl (C=O) groups is 1. The average molecular weight is 354 g/mol. The number of hydrogen-bond donors (Lipinski definition) is 1. The first-order valence-electron chi connectivity index (χ1n) is 7.19. The average Bonchev–Trinajstić information content (AvgIpc) is 2.82. The summed E-state index contributed by atoms with van der Waals surface area (Å²) in [6.45, 7) is 3.16. The standard InChI is InChI=1S/C15H16F2N4O4/c1-7(19(3)15(22)23)14-13(18-8(2)20(14)4)10-5-9(16)6-11(12(10)17)21(24)25/h5-7H,1-4H3,(H,22,23). The number of benzene rings is 1. The maximum atomic E-state index is 14.5. The van der Waals surface area contributed by atoms with Gasteiger partial charge in [0.1, 0.15) is 11.6 Å². The summed E-state index contributed by atoms with van der Waals surface area (Å²) in [6, 6.07) is 0.544. The van der Waals surface area contributed by atoms with E-state index < -0.39 is 39.9 Å². The zero-order chi connectivity index (χ0) is 19.0. The lowest BCUT2D eigenvalue weighted by Crippen LogP contribution is -2.29. The molecule has 1 aromatic heterocycles. The van der Waals surface area contributed by atoms with E-state index in [1.807, 2.05) is 0 Å². The van der Waals surface area contributed by atoms with Gasteiger partial charge < -0.3 is 14.6 Å². The van der Waals surface area contributed by atoms with Gasteiger partial charge in [-0.05, 0) is 19.9 Å². The number of hydrogen-bond acceptors (Lipinski definition) is 4. The van der Waals surface area contributed by atoms with Gasteiger partial charge in [-0.2, -0.15) is 4.39 Å². The first-order chi connectivity index (χ1) is 11.6. The van der Waals surface area contributed by atoms with Gasteiger partial charge in [-0.15, -0.1) is 0 Å². The van der Waals surface area contributed by atoms with Gasteiger partial charge in [0.2, 0.25) is 5.82 Å². The Morgan fingerprint density at radius 2 is 2.04 bits per heavy atom. The normalized spacial score (nSPS) is 12.1. The third-order valence-electron chi connectivity index (χ3n) is 4.11. The molecule has 1 atom stereocenters. The van der Waals surface area contributed by atoms with Gasteiger partial charge in [-0.25, -0.2) is 14.2 Å². The second-order valence-corrected chi connectivity index (χ2v) is 5.56. The summed E-state index contributed by atoms with van der Waals surface area (Å²) in [7, 11) is 2.92. The molecular weight excluding hydrogens is 338 g/mol. The second kappa shape index (κ2) is 6.46. The van der Waals surface area contributed by atoms with E-state index in [0.29, 0.717) is 17.6 Å². The number of aryl methyl sites for hydroxylation is 1. The van der Waals surface area contributed by atoms with Crippen molar-refractivity contribution in [1.29, 1.82) is 0 Å². The van der Waals surface area contributed by atoms with Gasteiger partial charge in [-0.1, -0.05) is 0 Å². The molecule has 0 aliphatic carbocycles. The van der Waals surface area contributed by atoms with Gasteiger partial charge in [0.15, 0.2) is 0 Å². The van der Waals surface area contributed by atoms with Crippen molar-refractivity contribution in [2.75, 3.05) is 7.05 Å². The highest BCUT2D eigenvalue weighted by Gasteiger charge is 2.29. The molecule has 0 saturated heterocycles. The molecule has 1 unspecified atom stereocenters. The van der Waals surface area contributed by atoms with Crippen LogP contribution in [0.4, 0.5) is 19.3 Å². The number of imidazole rings is 1. The molecule has 0 radical (unpaired) electrons. The van der Waals surface area contributed by atoms with E-state index in [9.17, 15) is 23.7 Å². The van der Waals surface area contributed by atoms with Crippen molar-refractivity contribution in [1.82, 2.24) is 14.5 Å². The van der Waals surface area contributed by atoms with E-state index in [-0.39, 0.29) is 5.69 Å². The van der Waals surface area contributed by atoms with E-state index in [0.717, 1.165) is 11.0 Å². The molecule has 2 rings (SSSR count). The number of carboxylic acid groups (broad SMARTS) is 1. The Bertz CT molecular complexity index is 866. The van der Waals surface area contributed by atoms with Crippen molar-refractivity contribution < 1.29 is 23.6 Å². The Kier molecular flexibility index (Phi) is 4.73. The molecular formula is C15H16F2N4O4.